The van der Waals surface area contributed by atoms with E-state index in [0.29, 0.717) is 11.5 Å². The van der Waals surface area contributed by atoms with Crippen LogP contribution in [0.3, 0.4) is 0 Å². The van der Waals surface area contributed by atoms with E-state index >= 15 is 0 Å². The van der Waals surface area contributed by atoms with Gasteiger partial charge in [-0.15, -0.1) is 0 Å². The molecule has 1 aliphatic heterocycles. The minimum atomic E-state index is -0.303. The van der Waals surface area contributed by atoms with Crippen molar-refractivity contribution in [3.05, 3.63) is 35.8 Å². The largest absolute Gasteiger partial charge is 0.456 e. The average Bonchev–Trinajstić information content (AvgIpc) is 3.05. The number of benzene rings is 1. The van der Waals surface area contributed by atoms with Crippen LogP contribution in [-0.2, 0) is 4.74 Å². The molecular formula is C15H18FNO2. The number of rotatable bonds is 4. The molecule has 1 aromatic heterocycles. The predicted octanol–water partition coefficient (Wildman–Crippen LogP) is 3.26. The van der Waals surface area contributed by atoms with Crippen LogP contribution in [0.1, 0.15) is 24.6 Å². The van der Waals surface area contributed by atoms with Crippen LogP contribution in [0, 0.1) is 11.7 Å². The molecule has 4 heteroatoms. The van der Waals surface area contributed by atoms with Crippen molar-refractivity contribution in [3.8, 4) is 0 Å². The fourth-order valence-electron chi connectivity index (χ4n) is 2.70. The summed E-state index contributed by atoms with van der Waals surface area (Å²) in [5.74, 6) is 1.05. The van der Waals surface area contributed by atoms with Crippen LogP contribution in [0.25, 0.3) is 11.0 Å². The average molecular weight is 263 g/mol. The van der Waals surface area contributed by atoms with Crippen molar-refractivity contribution >= 4 is 11.0 Å². The van der Waals surface area contributed by atoms with Gasteiger partial charge in [0.2, 0.25) is 0 Å². The smallest absolute Gasteiger partial charge is 0.169 e. The normalized spacial score (nSPS) is 21.1. The van der Waals surface area contributed by atoms with Crippen LogP contribution in [0.15, 0.2) is 28.7 Å². The minimum Gasteiger partial charge on any atom is -0.456 e. The maximum atomic E-state index is 13.6. The highest BCUT2D eigenvalue weighted by Crippen LogP contribution is 2.31. The standard InChI is InChI=1S/C15H18FNO2/c1-17-13(7-10-5-6-18-9-10)14-8-11-3-2-4-12(16)15(11)19-14/h2-4,8,10,13,17H,5-7,9H2,1H3. The number of furan rings is 1. The third kappa shape index (κ3) is 2.51. The molecule has 0 spiro atoms. The highest BCUT2D eigenvalue weighted by Gasteiger charge is 2.23. The summed E-state index contributed by atoms with van der Waals surface area (Å²) in [4.78, 5) is 0. The number of fused-ring (bicyclic) bond motifs is 1. The molecule has 3 nitrogen and oxygen atoms in total. The molecule has 3 rings (SSSR count). The quantitative estimate of drug-likeness (QED) is 0.919. The second-order valence-corrected chi connectivity index (χ2v) is 5.11. The second-order valence-electron chi connectivity index (χ2n) is 5.11. The molecule has 1 fully saturated rings. The van der Waals surface area contributed by atoms with Gasteiger partial charge in [0.25, 0.3) is 0 Å². The number of nitrogens with one attached hydrogen (secondary N) is 1. The first-order valence-corrected chi connectivity index (χ1v) is 6.71. The van der Waals surface area contributed by atoms with Crippen molar-refractivity contribution in [2.75, 3.05) is 20.3 Å². The van der Waals surface area contributed by atoms with Crippen LogP contribution in [0.4, 0.5) is 4.39 Å². The summed E-state index contributed by atoms with van der Waals surface area (Å²) in [7, 11) is 1.91. The van der Waals surface area contributed by atoms with E-state index in [1.807, 2.05) is 19.2 Å². The molecule has 1 N–H and O–H groups in total. The highest BCUT2D eigenvalue weighted by atomic mass is 19.1. The lowest BCUT2D eigenvalue weighted by Crippen LogP contribution is -2.19. The molecule has 0 radical (unpaired) electrons. The maximum Gasteiger partial charge on any atom is 0.169 e. The maximum absolute atomic E-state index is 13.6. The Kier molecular flexibility index (Phi) is 3.53. The van der Waals surface area contributed by atoms with Gasteiger partial charge < -0.3 is 14.5 Å². The van der Waals surface area contributed by atoms with E-state index in [1.54, 1.807) is 6.07 Å². The Bertz CT molecular complexity index is 560. The lowest BCUT2D eigenvalue weighted by atomic mass is 9.98. The first kappa shape index (κ1) is 12.6. The van der Waals surface area contributed by atoms with Crippen molar-refractivity contribution < 1.29 is 13.5 Å². The fraction of sp³-hybridized carbons (Fsp3) is 0.467. The summed E-state index contributed by atoms with van der Waals surface area (Å²) >= 11 is 0. The zero-order chi connectivity index (χ0) is 13.2. The van der Waals surface area contributed by atoms with Crippen LogP contribution >= 0.6 is 0 Å². The van der Waals surface area contributed by atoms with Gasteiger partial charge in [-0.25, -0.2) is 4.39 Å². The monoisotopic (exact) mass is 263 g/mol. The van der Waals surface area contributed by atoms with Gasteiger partial charge in [0, 0.05) is 18.6 Å². The molecule has 19 heavy (non-hydrogen) atoms. The minimum absolute atomic E-state index is 0.110. The number of ether oxygens (including phenoxy) is 1. The van der Waals surface area contributed by atoms with E-state index < -0.39 is 0 Å². The van der Waals surface area contributed by atoms with E-state index in [2.05, 4.69) is 5.32 Å². The summed E-state index contributed by atoms with van der Waals surface area (Å²) < 4.78 is 24.7. The highest BCUT2D eigenvalue weighted by molar-refractivity contribution is 5.78. The van der Waals surface area contributed by atoms with E-state index in [1.165, 1.54) is 6.07 Å². The molecule has 0 aliphatic carbocycles. The van der Waals surface area contributed by atoms with Crippen molar-refractivity contribution in [3.63, 3.8) is 0 Å². The van der Waals surface area contributed by atoms with E-state index in [9.17, 15) is 4.39 Å². The summed E-state index contributed by atoms with van der Waals surface area (Å²) in [6, 6.07) is 7.04. The molecule has 1 aromatic carbocycles. The van der Waals surface area contributed by atoms with Crippen LogP contribution in [0.5, 0.6) is 0 Å². The number of halogens is 1. The lowest BCUT2D eigenvalue weighted by molar-refractivity contribution is 0.180. The number of para-hydroxylation sites is 1. The summed E-state index contributed by atoms with van der Waals surface area (Å²) in [6.07, 6.45) is 2.05. The van der Waals surface area contributed by atoms with Gasteiger partial charge in [0.1, 0.15) is 5.76 Å². The van der Waals surface area contributed by atoms with Gasteiger partial charge in [0.15, 0.2) is 11.4 Å². The summed E-state index contributed by atoms with van der Waals surface area (Å²) in [5, 5.41) is 4.07. The van der Waals surface area contributed by atoms with Crippen molar-refractivity contribution in [2.24, 2.45) is 5.92 Å². The Labute approximate surface area is 111 Å². The van der Waals surface area contributed by atoms with Crippen LogP contribution in [0.2, 0.25) is 0 Å². The molecule has 2 atom stereocenters. The Morgan fingerprint density at radius 1 is 1.47 bits per heavy atom. The summed E-state index contributed by atoms with van der Waals surface area (Å²) in [5.41, 5.74) is 0.348. The van der Waals surface area contributed by atoms with Gasteiger partial charge in [-0.05, 0) is 37.9 Å². The molecule has 1 saturated heterocycles. The van der Waals surface area contributed by atoms with Gasteiger partial charge in [-0.2, -0.15) is 0 Å². The molecule has 2 heterocycles. The van der Waals surface area contributed by atoms with Gasteiger partial charge in [-0.3, -0.25) is 0 Å². The molecule has 1 aliphatic rings. The third-order valence-electron chi connectivity index (χ3n) is 3.80. The first-order chi connectivity index (χ1) is 9.28. The van der Waals surface area contributed by atoms with Crippen molar-refractivity contribution in [2.45, 2.75) is 18.9 Å². The Morgan fingerprint density at radius 2 is 2.37 bits per heavy atom. The molecule has 0 saturated carbocycles. The molecule has 0 bridgehead atoms. The van der Waals surface area contributed by atoms with Gasteiger partial charge in [0.05, 0.1) is 6.04 Å². The van der Waals surface area contributed by atoms with Crippen molar-refractivity contribution in [1.29, 1.82) is 0 Å². The van der Waals surface area contributed by atoms with E-state index in [4.69, 9.17) is 9.15 Å². The van der Waals surface area contributed by atoms with Crippen molar-refractivity contribution in [1.82, 2.24) is 5.32 Å². The molecular weight excluding hydrogens is 245 g/mol. The van der Waals surface area contributed by atoms with Gasteiger partial charge >= 0.3 is 0 Å². The molecule has 102 valence electrons. The zero-order valence-corrected chi connectivity index (χ0v) is 11.0. The lowest BCUT2D eigenvalue weighted by Gasteiger charge is -2.16. The van der Waals surface area contributed by atoms with Crippen LogP contribution in [-0.4, -0.2) is 20.3 Å². The van der Waals surface area contributed by atoms with Crippen LogP contribution < -0.4 is 5.32 Å². The fourth-order valence-corrected chi connectivity index (χ4v) is 2.70. The Morgan fingerprint density at radius 3 is 3.05 bits per heavy atom. The molecule has 0 amide bonds. The number of hydrogen-bond acceptors (Lipinski definition) is 3. The van der Waals surface area contributed by atoms with Gasteiger partial charge in [-0.1, -0.05) is 12.1 Å². The summed E-state index contributed by atoms with van der Waals surface area (Å²) in [6.45, 7) is 1.66. The Balaban J connectivity index is 1.86. The third-order valence-corrected chi connectivity index (χ3v) is 3.80. The topological polar surface area (TPSA) is 34.4 Å². The molecule has 2 aromatic rings. The first-order valence-electron chi connectivity index (χ1n) is 6.71. The molecule has 2 unspecified atom stereocenters. The Hall–Kier alpha value is -1.39. The zero-order valence-electron chi connectivity index (χ0n) is 11.0. The van der Waals surface area contributed by atoms with E-state index in [-0.39, 0.29) is 11.9 Å². The number of hydrogen-bond donors (Lipinski definition) is 1. The van der Waals surface area contributed by atoms with E-state index in [0.717, 1.165) is 37.2 Å². The predicted molar refractivity (Wildman–Crippen MR) is 71.5 cm³/mol. The SMILES string of the molecule is CNC(CC1CCOC1)c1cc2cccc(F)c2o1. The second kappa shape index (κ2) is 5.31.